The summed E-state index contributed by atoms with van der Waals surface area (Å²) < 4.78 is 14.1. The highest BCUT2D eigenvalue weighted by Crippen LogP contribution is 2.30. The van der Waals surface area contributed by atoms with Crippen LogP contribution in [0.5, 0.6) is 0 Å². The van der Waals surface area contributed by atoms with Gasteiger partial charge in [-0.25, -0.2) is 15.0 Å². The van der Waals surface area contributed by atoms with Gasteiger partial charge in [-0.15, -0.1) is 6.42 Å². The Bertz CT molecular complexity index is 989. The molecule has 0 amide bonds. The monoisotopic (exact) mass is 347 g/mol. The summed E-state index contributed by atoms with van der Waals surface area (Å²) in [4.78, 5) is 12.3. The second kappa shape index (κ2) is 7.06. The van der Waals surface area contributed by atoms with Crippen molar-refractivity contribution in [2.75, 3.05) is 18.4 Å². The average molecular weight is 347 g/mol. The summed E-state index contributed by atoms with van der Waals surface area (Å²) >= 11 is 0. The van der Waals surface area contributed by atoms with E-state index in [-0.39, 0.29) is 5.69 Å². The van der Waals surface area contributed by atoms with E-state index < -0.39 is 5.95 Å². The summed E-state index contributed by atoms with van der Waals surface area (Å²) in [7, 11) is 0. The number of piperidine rings is 1. The highest BCUT2D eigenvalue weighted by atomic mass is 19.1. The molecule has 3 heterocycles. The van der Waals surface area contributed by atoms with Crippen molar-refractivity contribution in [1.82, 2.24) is 20.3 Å². The quantitative estimate of drug-likeness (QED) is 0.562. The average Bonchev–Trinajstić information content (AvgIpc) is 2.70. The fourth-order valence-electron chi connectivity index (χ4n) is 3.31. The molecule has 1 aliphatic rings. The summed E-state index contributed by atoms with van der Waals surface area (Å²) in [6.45, 7) is 2.03. The minimum atomic E-state index is -0.622. The number of nitrogens with zero attached hydrogens (tertiary/aromatic N) is 3. The molecule has 1 saturated heterocycles. The summed E-state index contributed by atoms with van der Waals surface area (Å²) in [5, 5.41) is 7.30. The zero-order valence-corrected chi connectivity index (χ0v) is 14.2. The van der Waals surface area contributed by atoms with Crippen LogP contribution >= 0.6 is 0 Å². The Morgan fingerprint density at radius 2 is 2.15 bits per heavy atom. The third-order valence-electron chi connectivity index (χ3n) is 4.69. The maximum Gasteiger partial charge on any atom is 0.236 e. The SMILES string of the molecule is C#Cc1cnc(F)c(Nc2ncnc3ccc([C@@H]4CCCNC4)cc23)c1. The summed E-state index contributed by atoms with van der Waals surface area (Å²) in [5.74, 6) is 2.84. The van der Waals surface area contributed by atoms with Gasteiger partial charge in [-0.1, -0.05) is 12.0 Å². The number of nitrogens with one attached hydrogen (secondary N) is 2. The summed E-state index contributed by atoms with van der Waals surface area (Å²) in [5.41, 5.74) is 2.74. The minimum absolute atomic E-state index is 0.199. The van der Waals surface area contributed by atoms with Crippen molar-refractivity contribution in [2.24, 2.45) is 0 Å². The van der Waals surface area contributed by atoms with Crippen LogP contribution in [0.3, 0.4) is 0 Å². The summed E-state index contributed by atoms with van der Waals surface area (Å²) in [6, 6.07) is 7.73. The van der Waals surface area contributed by atoms with E-state index in [1.807, 2.05) is 6.07 Å². The second-order valence-corrected chi connectivity index (χ2v) is 6.37. The zero-order valence-electron chi connectivity index (χ0n) is 14.2. The molecule has 1 atom stereocenters. The molecule has 0 saturated carbocycles. The van der Waals surface area contributed by atoms with Gasteiger partial charge in [-0.05, 0) is 49.1 Å². The first kappa shape index (κ1) is 16.4. The number of benzene rings is 1. The first-order chi connectivity index (χ1) is 12.7. The predicted molar refractivity (Wildman–Crippen MR) is 99.8 cm³/mol. The van der Waals surface area contributed by atoms with Crippen molar-refractivity contribution in [1.29, 1.82) is 0 Å². The van der Waals surface area contributed by atoms with Crippen molar-refractivity contribution in [3.63, 3.8) is 0 Å². The van der Waals surface area contributed by atoms with Gasteiger partial charge in [0.1, 0.15) is 12.1 Å². The fourth-order valence-corrected chi connectivity index (χ4v) is 3.31. The van der Waals surface area contributed by atoms with E-state index in [0.717, 1.165) is 36.8 Å². The van der Waals surface area contributed by atoms with Crippen LogP contribution in [0.4, 0.5) is 15.9 Å². The first-order valence-electron chi connectivity index (χ1n) is 8.59. The molecular formula is C20H18FN5. The Kier molecular flexibility index (Phi) is 4.46. The molecule has 2 N–H and O–H groups in total. The number of halogens is 1. The van der Waals surface area contributed by atoms with Crippen LogP contribution < -0.4 is 10.6 Å². The van der Waals surface area contributed by atoms with Crippen molar-refractivity contribution in [2.45, 2.75) is 18.8 Å². The van der Waals surface area contributed by atoms with Crippen molar-refractivity contribution >= 4 is 22.4 Å². The molecule has 0 radical (unpaired) electrons. The van der Waals surface area contributed by atoms with Crippen molar-refractivity contribution in [3.8, 4) is 12.3 Å². The van der Waals surface area contributed by atoms with Crippen LogP contribution in [0.2, 0.25) is 0 Å². The molecule has 1 fully saturated rings. The van der Waals surface area contributed by atoms with E-state index in [1.54, 1.807) is 6.07 Å². The van der Waals surface area contributed by atoms with Crippen LogP contribution in [0.1, 0.15) is 29.9 Å². The molecule has 2 aromatic heterocycles. The van der Waals surface area contributed by atoms with Gasteiger partial charge in [0.25, 0.3) is 0 Å². The summed E-state index contributed by atoms with van der Waals surface area (Å²) in [6.07, 6.45) is 10.5. The second-order valence-electron chi connectivity index (χ2n) is 6.37. The molecule has 26 heavy (non-hydrogen) atoms. The fraction of sp³-hybridized carbons (Fsp3) is 0.250. The van der Waals surface area contributed by atoms with Gasteiger partial charge in [0.2, 0.25) is 5.95 Å². The highest BCUT2D eigenvalue weighted by Gasteiger charge is 2.17. The Morgan fingerprint density at radius 3 is 2.96 bits per heavy atom. The molecule has 0 aliphatic carbocycles. The molecule has 5 nitrogen and oxygen atoms in total. The van der Waals surface area contributed by atoms with Crippen molar-refractivity contribution in [3.05, 3.63) is 53.9 Å². The Labute approximate surface area is 151 Å². The Balaban J connectivity index is 1.74. The number of anilines is 2. The van der Waals surface area contributed by atoms with Gasteiger partial charge in [-0.3, -0.25) is 0 Å². The van der Waals surface area contributed by atoms with Gasteiger partial charge in [0.15, 0.2) is 0 Å². The van der Waals surface area contributed by atoms with Crippen LogP contribution in [0.25, 0.3) is 10.9 Å². The maximum absolute atomic E-state index is 14.1. The molecule has 0 spiro atoms. The molecule has 6 heteroatoms. The largest absolute Gasteiger partial charge is 0.336 e. The maximum atomic E-state index is 14.1. The van der Waals surface area contributed by atoms with Gasteiger partial charge in [0, 0.05) is 23.7 Å². The van der Waals surface area contributed by atoms with E-state index in [4.69, 9.17) is 6.42 Å². The normalized spacial score (nSPS) is 17.0. The molecule has 0 bridgehead atoms. The number of hydrogen-bond acceptors (Lipinski definition) is 5. The van der Waals surface area contributed by atoms with Gasteiger partial charge in [0.05, 0.1) is 11.2 Å². The lowest BCUT2D eigenvalue weighted by atomic mass is 9.91. The molecule has 3 aromatic rings. The Hall–Kier alpha value is -3.04. The third-order valence-corrected chi connectivity index (χ3v) is 4.69. The minimum Gasteiger partial charge on any atom is -0.336 e. The van der Waals surface area contributed by atoms with Crippen LogP contribution in [-0.4, -0.2) is 28.0 Å². The highest BCUT2D eigenvalue weighted by molar-refractivity contribution is 5.91. The smallest absolute Gasteiger partial charge is 0.236 e. The van der Waals surface area contributed by atoms with E-state index in [2.05, 4.69) is 43.6 Å². The first-order valence-corrected chi connectivity index (χ1v) is 8.59. The lowest BCUT2D eigenvalue weighted by Gasteiger charge is -2.23. The number of rotatable bonds is 3. The standard InChI is InChI=1S/C20H18FN5/c1-2-13-8-18(19(21)23-10-13)26-20-16-9-14(15-4-3-7-22-11-15)5-6-17(16)24-12-25-20/h1,5-6,8-10,12,15,22H,3-4,7,11H2,(H,24,25,26)/t15-/m1/s1. The number of terminal acetylenes is 1. The number of hydrogen-bond donors (Lipinski definition) is 2. The van der Waals surface area contributed by atoms with E-state index in [1.165, 1.54) is 18.1 Å². The number of pyridine rings is 1. The van der Waals surface area contributed by atoms with Crippen LogP contribution in [-0.2, 0) is 0 Å². The Morgan fingerprint density at radius 1 is 1.23 bits per heavy atom. The molecule has 1 aromatic carbocycles. The number of fused-ring (bicyclic) bond motifs is 1. The predicted octanol–water partition coefficient (Wildman–Crippen LogP) is 3.36. The van der Waals surface area contributed by atoms with Crippen LogP contribution in [0, 0.1) is 18.3 Å². The lowest BCUT2D eigenvalue weighted by molar-refractivity contribution is 0.462. The molecule has 4 rings (SSSR count). The van der Waals surface area contributed by atoms with E-state index >= 15 is 0 Å². The van der Waals surface area contributed by atoms with Crippen LogP contribution in [0.15, 0.2) is 36.8 Å². The lowest BCUT2D eigenvalue weighted by Crippen LogP contribution is -2.28. The molecule has 130 valence electrons. The van der Waals surface area contributed by atoms with Gasteiger partial charge < -0.3 is 10.6 Å². The molecular weight excluding hydrogens is 329 g/mol. The van der Waals surface area contributed by atoms with E-state index in [9.17, 15) is 4.39 Å². The van der Waals surface area contributed by atoms with Crippen molar-refractivity contribution < 1.29 is 4.39 Å². The van der Waals surface area contributed by atoms with E-state index in [0.29, 0.717) is 17.3 Å². The topological polar surface area (TPSA) is 62.7 Å². The van der Waals surface area contributed by atoms with Gasteiger partial charge >= 0.3 is 0 Å². The zero-order chi connectivity index (χ0) is 17.9. The molecule has 1 aliphatic heterocycles. The number of aromatic nitrogens is 3. The van der Waals surface area contributed by atoms with Gasteiger partial charge in [-0.2, -0.15) is 4.39 Å². The molecule has 0 unspecified atom stereocenters. The third kappa shape index (κ3) is 3.22.